The highest BCUT2D eigenvalue weighted by atomic mass is 32.2. The minimum Gasteiger partial charge on any atom is -0.371 e. The number of nitrogens with two attached hydrogens (primary N) is 1. The lowest BCUT2D eigenvalue weighted by Crippen LogP contribution is -2.48. The number of benzene rings is 2. The van der Waals surface area contributed by atoms with Gasteiger partial charge in [-0.2, -0.15) is 0 Å². The number of hydrogen-bond donors (Lipinski definition) is 2. The van der Waals surface area contributed by atoms with Crippen LogP contribution in [0, 0.1) is 17.7 Å². The molecule has 4 aliphatic rings. The third-order valence-electron chi connectivity index (χ3n) is 13.0. The Bertz CT molecular complexity index is 2370. The standard InChI is InChI=1S/C45H52FN7O6S2/c1-2-37(61(47,58)59)35-4-3-5-36(39(35)46)40-41(29-12-20-48-21-13-29)60-43(50-40)30-14-24-52(25-15-30)45(57)32-18-26-53(27-19-32)44(56)31-16-22-51(23-17-31)33-8-6-28(7-9-33)34-10-11-38(54)49-42(34)55/h3-9,12-13,20-21,30-32,34,37H,2,10-11,14-19,22-27H2,1H3,(H2,47,58,59)(H,49,54,55). The zero-order chi connectivity index (χ0) is 42.8. The van der Waals surface area contributed by atoms with Gasteiger partial charge in [0, 0.05) is 92.7 Å². The average molecular weight is 870 g/mol. The molecule has 6 heterocycles. The molecule has 4 saturated heterocycles. The Morgan fingerprint density at radius 3 is 2.05 bits per heavy atom. The monoisotopic (exact) mass is 869 g/mol. The summed E-state index contributed by atoms with van der Waals surface area (Å²) in [5.41, 5.74) is 3.47. The Morgan fingerprint density at radius 1 is 0.852 bits per heavy atom. The minimum atomic E-state index is -4.04. The molecule has 3 N–H and O–H groups in total. The molecule has 0 spiro atoms. The molecule has 4 aromatic rings. The van der Waals surface area contributed by atoms with Crippen molar-refractivity contribution in [1.82, 2.24) is 25.1 Å². The van der Waals surface area contributed by atoms with E-state index in [1.165, 1.54) is 17.4 Å². The van der Waals surface area contributed by atoms with Crippen LogP contribution in [-0.2, 0) is 29.2 Å². The molecule has 4 aliphatic heterocycles. The first-order chi connectivity index (χ1) is 29.4. The number of likely N-dealkylation sites (tertiary alicyclic amines) is 2. The molecule has 2 aromatic heterocycles. The zero-order valence-electron chi connectivity index (χ0n) is 34.3. The molecule has 2 unspecified atom stereocenters. The number of hydrogen-bond acceptors (Lipinski definition) is 10. The summed E-state index contributed by atoms with van der Waals surface area (Å²) in [6.45, 7) is 5.49. The van der Waals surface area contributed by atoms with Crippen LogP contribution in [0.25, 0.3) is 21.7 Å². The Balaban J connectivity index is 0.843. The fraction of sp³-hybridized carbons (Fsp3) is 0.467. The SMILES string of the molecule is CCC(c1cccc(-c2nc(C3CCN(C(=O)C4CCN(C(=O)C5CCN(c6ccc(C7CCC(=O)NC7=O)cc6)CC5)CC4)CC3)sc2-c2ccncc2)c1F)S(N)(=O)=O. The zero-order valence-corrected chi connectivity index (χ0v) is 35.9. The Hall–Kier alpha value is -5.06. The maximum Gasteiger partial charge on any atom is 0.234 e. The van der Waals surface area contributed by atoms with E-state index in [1.807, 2.05) is 46.2 Å². The van der Waals surface area contributed by atoms with Crippen molar-refractivity contribution >= 4 is 50.7 Å². The number of nitrogens with zero attached hydrogens (tertiary/aromatic N) is 5. The van der Waals surface area contributed by atoms with E-state index in [1.54, 1.807) is 31.5 Å². The van der Waals surface area contributed by atoms with Gasteiger partial charge in [-0.15, -0.1) is 11.3 Å². The molecule has 8 rings (SSSR count). The van der Waals surface area contributed by atoms with Gasteiger partial charge in [-0.1, -0.05) is 31.2 Å². The lowest BCUT2D eigenvalue weighted by atomic mass is 9.89. The van der Waals surface area contributed by atoms with E-state index < -0.39 is 21.1 Å². The van der Waals surface area contributed by atoms with Crippen LogP contribution in [0.1, 0.15) is 97.9 Å². The molecule has 0 aliphatic carbocycles. The minimum absolute atomic E-state index is 0.0228. The summed E-state index contributed by atoms with van der Waals surface area (Å²) < 4.78 is 41.0. The lowest BCUT2D eigenvalue weighted by molar-refractivity contribution is -0.143. The van der Waals surface area contributed by atoms with Crippen LogP contribution in [0.4, 0.5) is 10.1 Å². The van der Waals surface area contributed by atoms with Crippen molar-refractivity contribution in [2.75, 3.05) is 44.2 Å². The number of nitrogens with one attached hydrogen (secondary N) is 1. The van der Waals surface area contributed by atoms with Gasteiger partial charge in [-0.3, -0.25) is 29.5 Å². The normalized spacial score (nSPS) is 20.4. The highest BCUT2D eigenvalue weighted by Gasteiger charge is 2.37. The van der Waals surface area contributed by atoms with Crippen LogP contribution in [0.5, 0.6) is 0 Å². The van der Waals surface area contributed by atoms with Gasteiger partial charge in [0.05, 0.1) is 21.5 Å². The summed E-state index contributed by atoms with van der Waals surface area (Å²) >= 11 is 1.49. The molecule has 61 heavy (non-hydrogen) atoms. The second-order valence-corrected chi connectivity index (χ2v) is 19.5. The highest BCUT2D eigenvalue weighted by Crippen LogP contribution is 2.44. The van der Waals surface area contributed by atoms with Gasteiger partial charge in [-0.25, -0.2) is 22.9 Å². The number of imide groups is 1. The summed E-state index contributed by atoms with van der Waals surface area (Å²) in [5, 5.41) is 7.59. The quantitative estimate of drug-likeness (QED) is 0.178. The maximum atomic E-state index is 16.2. The van der Waals surface area contributed by atoms with Gasteiger partial charge in [-0.05, 0) is 92.8 Å². The largest absolute Gasteiger partial charge is 0.371 e. The van der Waals surface area contributed by atoms with Gasteiger partial charge in [0.1, 0.15) is 11.1 Å². The fourth-order valence-electron chi connectivity index (χ4n) is 9.53. The molecular formula is C45H52FN7O6S2. The van der Waals surface area contributed by atoms with Crippen LogP contribution in [0.3, 0.4) is 0 Å². The van der Waals surface area contributed by atoms with E-state index in [-0.39, 0.29) is 64.8 Å². The average Bonchev–Trinajstić information content (AvgIpc) is 3.72. The van der Waals surface area contributed by atoms with E-state index >= 15 is 4.39 Å². The molecule has 13 nitrogen and oxygen atoms in total. The number of thiazole rings is 1. The number of carbonyl (C=O) groups excluding carboxylic acids is 4. The van der Waals surface area contributed by atoms with Gasteiger partial charge in [0.2, 0.25) is 33.7 Å². The van der Waals surface area contributed by atoms with Gasteiger partial charge < -0.3 is 14.7 Å². The molecule has 2 atom stereocenters. The molecule has 4 fully saturated rings. The number of carbonyl (C=O) groups is 4. The van der Waals surface area contributed by atoms with E-state index in [0.29, 0.717) is 70.4 Å². The van der Waals surface area contributed by atoms with Gasteiger partial charge in [0.25, 0.3) is 0 Å². The van der Waals surface area contributed by atoms with Crippen molar-refractivity contribution in [3.8, 4) is 21.7 Å². The molecular weight excluding hydrogens is 818 g/mol. The number of sulfonamides is 1. The number of amides is 4. The fourth-order valence-corrected chi connectivity index (χ4v) is 11.8. The number of rotatable bonds is 10. The Morgan fingerprint density at radius 2 is 1.46 bits per heavy atom. The van der Waals surface area contributed by atoms with Crippen molar-refractivity contribution in [3.63, 3.8) is 0 Å². The predicted molar refractivity (Wildman–Crippen MR) is 231 cm³/mol. The van der Waals surface area contributed by atoms with Crippen LogP contribution in [0.2, 0.25) is 0 Å². The number of pyridine rings is 1. The lowest BCUT2D eigenvalue weighted by Gasteiger charge is -2.39. The van der Waals surface area contributed by atoms with Crippen molar-refractivity contribution in [2.24, 2.45) is 17.0 Å². The van der Waals surface area contributed by atoms with Crippen LogP contribution >= 0.6 is 11.3 Å². The van der Waals surface area contributed by atoms with Crippen molar-refractivity contribution in [2.45, 2.75) is 81.8 Å². The Kier molecular flexibility index (Phi) is 12.7. The number of primary sulfonamides is 1. The number of piperidine rings is 4. The third-order valence-corrected chi connectivity index (χ3v) is 15.7. The summed E-state index contributed by atoms with van der Waals surface area (Å²) in [6.07, 6.45) is 8.54. The van der Waals surface area contributed by atoms with E-state index in [9.17, 15) is 27.6 Å². The van der Waals surface area contributed by atoms with Crippen LogP contribution in [0.15, 0.2) is 67.0 Å². The molecule has 0 radical (unpaired) electrons. The second-order valence-electron chi connectivity index (χ2n) is 16.7. The van der Waals surface area contributed by atoms with E-state index in [4.69, 9.17) is 10.1 Å². The first-order valence-corrected chi connectivity index (χ1v) is 23.8. The molecule has 16 heteroatoms. The molecule has 0 saturated carbocycles. The van der Waals surface area contributed by atoms with E-state index in [0.717, 1.165) is 52.6 Å². The highest BCUT2D eigenvalue weighted by molar-refractivity contribution is 7.89. The number of anilines is 1. The van der Waals surface area contributed by atoms with Crippen molar-refractivity contribution in [1.29, 1.82) is 0 Å². The van der Waals surface area contributed by atoms with Crippen LogP contribution in [-0.4, -0.2) is 91.1 Å². The smallest absolute Gasteiger partial charge is 0.234 e. The first kappa shape index (κ1) is 42.6. The first-order valence-electron chi connectivity index (χ1n) is 21.4. The summed E-state index contributed by atoms with van der Waals surface area (Å²) in [5.74, 6) is -1.23. The third kappa shape index (κ3) is 9.12. The Labute approximate surface area is 360 Å². The van der Waals surface area contributed by atoms with Crippen molar-refractivity contribution in [3.05, 3.63) is 88.9 Å². The molecule has 2 aromatic carbocycles. The molecule has 0 bridgehead atoms. The summed E-state index contributed by atoms with van der Waals surface area (Å²) in [7, 11) is -4.04. The summed E-state index contributed by atoms with van der Waals surface area (Å²) in [4.78, 5) is 67.4. The molecule has 322 valence electrons. The van der Waals surface area contributed by atoms with Gasteiger partial charge >= 0.3 is 0 Å². The summed E-state index contributed by atoms with van der Waals surface area (Å²) in [6, 6.07) is 16.4. The topological polar surface area (TPSA) is 176 Å². The van der Waals surface area contributed by atoms with Crippen LogP contribution < -0.4 is 15.4 Å². The van der Waals surface area contributed by atoms with Crippen molar-refractivity contribution < 1.29 is 32.0 Å². The number of halogens is 1. The van der Waals surface area contributed by atoms with Gasteiger partial charge in [0.15, 0.2) is 0 Å². The maximum absolute atomic E-state index is 16.2. The second kappa shape index (κ2) is 18.1. The number of aromatic nitrogens is 2. The molecule has 4 amide bonds. The van der Waals surface area contributed by atoms with E-state index in [2.05, 4.69) is 15.2 Å². The predicted octanol–water partition coefficient (Wildman–Crippen LogP) is 6.13.